The number of ether oxygens (including phenoxy) is 1. The third-order valence-corrected chi connectivity index (χ3v) is 3.63. The molecule has 0 radical (unpaired) electrons. The number of hydrogen-bond donors (Lipinski definition) is 2. The molecule has 124 valence electrons. The van der Waals surface area contributed by atoms with E-state index in [1.54, 1.807) is 0 Å². The van der Waals surface area contributed by atoms with E-state index < -0.39 is 5.24 Å². The summed E-state index contributed by atoms with van der Waals surface area (Å²) in [5, 5.41) is 2.41. The molecular weight excluding hydrogens is 328 g/mol. The molecule has 4 nitrogen and oxygen atoms in total. The standard InChI is InChI=1S/C16H19NOS.CH3NOS/c1-3-17(4-2)16(19)18-12-14-10-7-9-13-8-5-6-11-15(13)14;2-1(3)4/h5-11H,3-4,12H2,1-2H3;(H3,2,3,4). The first-order valence-electron chi connectivity index (χ1n) is 7.36. The minimum Gasteiger partial charge on any atom is -0.466 e. The van der Waals surface area contributed by atoms with Crippen molar-refractivity contribution < 1.29 is 9.53 Å². The largest absolute Gasteiger partial charge is 0.466 e. The van der Waals surface area contributed by atoms with Crippen molar-refractivity contribution in [3.8, 4) is 0 Å². The molecule has 0 unspecified atom stereocenters. The summed E-state index contributed by atoms with van der Waals surface area (Å²) in [4.78, 5) is 11.1. The summed E-state index contributed by atoms with van der Waals surface area (Å²) in [6.07, 6.45) is 0. The second-order valence-electron chi connectivity index (χ2n) is 4.70. The number of benzene rings is 2. The van der Waals surface area contributed by atoms with Crippen LogP contribution in [0.2, 0.25) is 0 Å². The first kappa shape index (κ1) is 19.3. The lowest BCUT2D eigenvalue weighted by Crippen LogP contribution is -2.30. The number of carbonyl (C=O) groups excluding carboxylic acids is 1. The maximum absolute atomic E-state index is 9.09. The molecule has 2 aromatic carbocycles. The van der Waals surface area contributed by atoms with E-state index in [2.05, 4.69) is 68.6 Å². The van der Waals surface area contributed by atoms with E-state index in [0.29, 0.717) is 11.8 Å². The Morgan fingerprint density at radius 1 is 1.17 bits per heavy atom. The van der Waals surface area contributed by atoms with Crippen molar-refractivity contribution in [2.75, 3.05) is 13.1 Å². The lowest BCUT2D eigenvalue weighted by atomic mass is 10.1. The molecule has 0 aliphatic carbocycles. The zero-order chi connectivity index (χ0) is 17.2. The monoisotopic (exact) mass is 350 g/mol. The van der Waals surface area contributed by atoms with Crippen LogP contribution < -0.4 is 5.73 Å². The van der Waals surface area contributed by atoms with Gasteiger partial charge in [0.2, 0.25) is 0 Å². The van der Waals surface area contributed by atoms with Crippen molar-refractivity contribution in [3.05, 3.63) is 48.0 Å². The average molecular weight is 351 g/mol. The topological polar surface area (TPSA) is 55.6 Å². The van der Waals surface area contributed by atoms with Crippen molar-refractivity contribution in [3.63, 3.8) is 0 Å². The van der Waals surface area contributed by atoms with Crippen LogP contribution >= 0.6 is 24.8 Å². The smallest absolute Gasteiger partial charge is 0.273 e. The zero-order valence-electron chi connectivity index (χ0n) is 13.4. The van der Waals surface area contributed by atoms with E-state index in [4.69, 9.17) is 21.7 Å². The molecule has 1 amide bonds. The predicted molar refractivity (Wildman–Crippen MR) is 103 cm³/mol. The van der Waals surface area contributed by atoms with Crippen LogP contribution in [-0.4, -0.2) is 28.4 Å². The van der Waals surface area contributed by atoms with Gasteiger partial charge in [0.15, 0.2) is 0 Å². The van der Waals surface area contributed by atoms with Crippen molar-refractivity contribution in [1.29, 1.82) is 0 Å². The number of thiol groups is 1. The van der Waals surface area contributed by atoms with E-state index >= 15 is 0 Å². The third kappa shape index (κ3) is 6.46. The van der Waals surface area contributed by atoms with Gasteiger partial charge in [-0.3, -0.25) is 4.79 Å². The predicted octanol–water partition coefficient (Wildman–Crippen LogP) is 3.98. The van der Waals surface area contributed by atoms with Crippen LogP contribution in [0.1, 0.15) is 19.4 Å². The molecule has 0 atom stereocenters. The molecule has 0 spiro atoms. The molecule has 2 rings (SSSR count). The summed E-state index contributed by atoms with van der Waals surface area (Å²) >= 11 is 8.40. The maximum atomic E-state index is 9.09. The Morgan fingerprint density at radius 3 is 2.35 bits per heavy atom. The number of carbonyl (C=O) groups is 1. The van der Waals surface area contributed by atoms with Crippen molar-refractivity contribution in [1.82, 2.24) is 4.90 Å². The Morgan fingerprint density at radius 2 is 1.74 bits per heavy atom. The molecule has 6 heteroatoms. The molecule has 0 saturated heterocycles. The number of amides is 1. The summed E-state index contributed by atoms with van der Waals surface area (Å²) in [6.45, 7) is 6.45. The van der Waals surface area contributed by atoms with Crippen molar-refractivity contribution in [2.45, 2.75) is 20.5 Å². The highest BCUT2D eigenvalue weighted by molar-refractivity contribution is 7.96. The van der Waals surface area contributed by atoms with Gasteiger partial charge in [-0.05, 0) is 42.4 Å². The highest BCUT2D eigenvalue weighted by Gasteiger charge is 2.07. The molecule has 2 aromatic rings. The first-order valence-corrected chi connectivity index (χ1v) is 8.21. The quantitative estimate of drug-likeness (QED) is 0.647. The fourth-order valence-electron chi connectivity index (χ4n) is 2.13. The Balaban J connectivity index is 0.000000593. The minimum absolute atomic E-state index is 0.524. The highest BCUT2D eigenvalue weighted by Crippen LogP contribution is 2.19. The molecule has 23 heavy (non-hydrogen) atoms. The van der Waals surface area contributed by atoms with E-state index in [0.717, 1.165) is 13.1 Å². The fraction of sp³-hybridized carbons (Fsp3) is 0.294. The highest BCUT2D eigenvalue weighted by atomic mass is 32.1. The number of nitrogens with two attached hydrogens (primary N) is 1. The number of hydrogen-bond acceptors (Lipinski definition) is 3. The van der Waals surface area contributed by atoms with Gasteiger partial charge in [-0.15, -0.1) is 0 Å². The van der Waals surface area contributed by atoms with E-state index in [9.17, 15) is 0 Å². The van der Waals surface area contributed by atoms with Gasteiger partial charge in [0, 0.05) is 13.1 Å². The van der Waals surface area contributed by atoms with E-state index in [1.165, 1.54) is 16.3 Å². The number of nitrogens with zero attached hydrogens (tertiary/aromatic N) is 1. The Labute approximate surface area is 148 Å². The summed E-state index contributed by atoms with van der Waals surface area (Å²) in [5.41, 5.74) is 5.51. The van der Waals surface area contributed by atoms with Gasteiger partial charge < -0.3 is 15.4 Å². The van der Waals surface area contributed by atoms with Crippen LogP contribution in [-0.2, 0) is 11.3 Å². The Bertz CT molecular complexity index is 649. The van der Waals surface area contributed by atoms with Crippen LogP contribution in [0.15, 0.2) is 42.5 Å². The van der Waals surface area contributed by atoms with Crippen LogP contribution in [0.5, 0.6) is 0 Å². The molecule has 2 N–H and O–H groups in total. The van der Waals surface area contributed by atoms with Gasteiger partial charge in [-0.2, -0.15) is 0 Å². The summed E-state index contributed by atoms with van der Waals surface area (Å²) < 4.78 is 5.74. The maximum Gasteiger partial charge on any atom is 0.273 e. The van der Waals surface area contributed by atoms with Crippen LogP contribution in [0, 0.1) is 0 Å². The summed E-state index contributed by atoms with van der Waals surface area (Å²) in [5.74, 6) is 0. The van der Waals surface area contributed by atoms with Crippen LogP contribution in [0.25, 0.3) is 10.8 Å². The SMILES string of the molecule is CCN(CC)C(=S)OCc1cccc2ccccc12.NC(=O)S. The third-order valence-electron chi connectivity index (χ3n) is 3.25. The number of thiocarbonyl (C=S) groups is 1. The molecule has 0 bridgehead atoms. The second-order valence-corrected chi connectivity index (χ2v) is 5.49. The lowest BCUT2D eigenvalue weighted by molar-refractivity contribution is 0.239. The summed E-state index contributed by atoms with van der Waals surface area (Å²) in [7, 11) is 0. The fourth-order valence-corrected chi connectivity index (χ4v) is 2.45. The zero-order valence-corrected chi connectivity index (χ0v) is 15.1. The molecule has 0 aromatic heterocycles. The Hall–Kier alpha value is -1.79. The molecular formula is C17H22N2O2S2. The van der Waals surface area contributed by atoms with Gasteiger partial charge in [0.1, 0.15) is 6.61 Å². The number of fused-ring (bicyclic) bond motifs is 1. The molecule has 0 saturated carbocycles. The van der Waals surface area contributed by atoms with Gasteiger partial charge in [-0.25, -0.2) is 0 Å². The average Bonchev–Trinajstić information content (AvgIpc) is 2.53. The normalized spacial score (nSPS) is 9.70. The van der Waals surface area contributed by atoms with Gasteiger partial charge >= 0.3 is 0 Å². The molecule has 0 heterocycles. The molecule has 0 aliphatic rings. The second kappa shape index (κ2) is 10.1. The van der Waals surface area contributed by atoms with Crippen LogP contribution in [0.3, 0.4) is 0 Å². The minimum atomic E-state index is -0.639. The van der Waals surface area contributed by atoms with E-state index in [1.807, 2.05) is 11.0 Å². The molecule has 0 fully saturated rings. The summed E-state index contributed by atoms with van der Waals surface area (Å²) in [6, 6.07) is 14.6. The number of rotatable bonds is 4. The van der Waals surface area contributed by atoms with Gasteiger partial charge in [-0.1, -0.05) is 55.1 Å². The number of primary amides is 1. The lowest BCUT2D eigenvalue weighted by Gasteiger charge is -2.21. The van der Waals surface area contributed by atoms with Crippen molar-refractivity contribution in [2.24, 2.45) is 5.73 Å². The van der Waals surface area contributed by atoms with Crippen molar-refractivity contribution >= 4 is 46.0 Å². The Kier molecular flexibility index (Phi) is 8.43. The molecule has 0 aliphatic heterocycles. The van der Waals surface area contributed by atoms with Gasteiger partial charge in [0.05, 0.1) is 0 Å². The van der Waals surface area contributed by atoms with Crippen LogP contribution in [0.4, 0.5) is 4.79 Å². The van der Waals surface area contributed by atoms with E-state index in [-0.39, 0.29) is 0 Å². The van der Waals surface area contributed by atoms with Gasteiger partial charge in [0.25, 0.3) is 10.4 Å². The first-order chi connectivity index (χ1) is 11.0.